The number of aryl methyl sites for hydroxylation is 2. The summed E-state index contributed by atoms with van der Waals surface area (Å²) in [5.41, 5.74) is 4.98. The Balaban J connectivity index is 1.80. The van der Waals surface area contributed by atoms with E-state index >= 15 is 0 Å². The van der Waals surface area contributed by atoms with Crippen LogP contribution in [0.3, 0.4) is 0 Å². The lowest BCUT2D eigenvalue weighted by molar-refractivity contribution is -0.113. The maximum Gasteiger partial charge on any atom is 0.252 e. The third-order valence-electron chi connectivity index (χ3n) is 5.54. The fourth-order valence-electron chi connectivity index (χ4n) is 4.09. The van der Waals surface area contributed by atoms with E-state index in [0.717, 1.165) is 33.8 Å². The molecule has 0 spiro atoms. The Morgan fingerprint density at radius 2 is 1.82 bits per heavy atom. The molecule has 1 amide bonds. The maximum atomic E-state index is 12.8. The Morgan fingerprint density at radius 1 is 1.09 bits per heavy atom. The number of thioether (sulfide) groups is 1. The molecule has 8 nitrogen and oxygen atoms in total. The van der Waals surface area contributed by atoms with Crippen LogP contribution in [-0.4, -0.2) is 43.6 Å². The Labute approximate surface area is 201 Å². The highest BCUT2D eigenvalue weighted by Gasteiger charge is 2.33. The molecule has 34 heavy (non-hydrogen) atoms. The normalized spacial score (nSPS) is 15.4. The van der Waals surface area contributed by atoms with E-state index in [9.17, 15) is 9.90 Å². The molecule has 0 unspecified atom stereocenters. The van der Waals surface area contributed by atoms with Crippen molar-refractivity contribution in [2.75, 3.05) is 18.2 Å². The fourth-order valence-corrected chi connectivity index (χ4v) is 5.20. The number of carbonyl (C=O) groups excluding carboxylic acids is 1. The molecule has 1 aliphatic heterocycles. The summed E-state index contributed by atoms with van der Waals surface area (Å²) in [6, 6.07) is 17.0. The topological polar surface area (TPSA) is 102 Å². The number of nitrogens with one attached hydrogen (secondary N) is 1. The molecule has 9 heteroatoms. The number of carbonyl (C=O) groups is 1. The molecule has 0 saturated carbocycles. The number of ether oxygens (including phenoxy) is 1. The van der Waals surface area contributed by atoms with E-state index < -0.39 is 0 Å². The number of methoxy groups -OCH3 is 1. The largest absolute Gasteiger partial charge is 0.504 e. The van der Waals surface area contributed by atoms with Crippen LogP contribution in [0.4, 0.5) is 5.82 Å². The molecular weight excluding hydrogens is 450 g/mol. The smallest absolute Gasteiger partial charge is 0.252 e. The molecule has 0 saturated heterocycles. The molecule has 2 N–H and O–H groups in total. The second kappa shape index (κ2) is 8.83. The highest BCUT2D eigenvalue weighted by Crippen LogP contribution is 2.47. The van der Waals surface area contributed by atoms with Gasteiger partial charge in [-0.3, -0.25) is 4.79 Å². The van der Waals surface area contributed by atoms with Gasteiger partial charge in [-0.05, 0) is 37.6 Å². The van der Waals surface area contributed by atoms with Crippen LogP contribution in [0.15, 0.2) is 54.6 Å². The monoisotopic (exact) mass is 473 g/mol. The van der Waals surface area contributed by atoms with Crippen LogP contribution < -0.4 is 10.1 Å². The van der Waals surface area contributed by atoms with E-state index in [-0.39, 0.29) is 22.7 Å². The van der Waals surface area contributed by atoms with Crippen LogP contribution in [0.1, 0.15) is 27.8 Å². The number of hydrogen-bond acceptors (Lipinski definition) is 7. The van der Waals surface area contributed by atoms with E-state index in [1.165, 1.54) is 18.9 Å². The number of anilines is 1. The van der Waals surface area contributed by atoms with Crippen molar-refractivity contribution in [1.29, 1.82) is 0 Å². The maximum absolute atomic E-state index is 12.8. The van der Waals surface area contributed by atoms with E-state index in [1.807, 2.05) is 56.3 Å². The second-order valence-corrected chi connectivity index (χ2v) is 9.10. The van der Waals surface area contributed by atoms with Gasteiger partial charge in [0.05, 0.1) is 23.8 Å². The van der Waals surface area contributed by atoms with Crippen LogP contribution in [0.5, 0.6) is 11.5 Å². The van der Waals surface area contributed by atoms with Gasteiger partial charge >= 0.3 is 0 Å². The van der Waals surface area contributed by atoms with Gasteiger partial charge in [0.25, 0.3) is 5.95 Å². The number of fused-ring (bicyclic) bond motifs is 1. The minimum atomic E-state index is -0.252. The van der Waals surface area contributed by atoms with Crippen molar-refractivity contribution in [3.05, 3.63) is 77.1 Å². The van der Waals surface area contributed by atoms with Crippen molar-refractivity contribution in [2.24, 2.45) is 0 Å². The molecule has 5 rings (SSSR count). The first kappa shape index (κ1) is 22.0. The van der Waals surface area contributed by atoms with Gasteiger partial charge in [0, 0.05) is 22.5 Å². The Bertz CT molecular complexity index is 1370. The van der Waals surface area contributed by atoms with Crippen LogP contribution in [0.25, 0.3) is 17.2 Å². The lowest BCUT2D eigenvalue weighted by atomic mass is 9.99. The number of benzene rings is 2. The highest BCUT2D eigenvalue weighted by molar-refractivity contribution is 8.00. The van der Waals surface area contributed by atoms with Crippen molar-refractivity contribution in [1.82, 2.24) is 19.7 Å². The number of hydrogen-bond donors (Lipinski definition) is 2. The summed E-state index contributed by atoms with van der Waals surface area (Å²) in [7, 11) is 1.51. The minimum absolute atomic E-state index is 0.0573. The van der Waals surface area contributed by atoms with E-state index in [1.54, 1.807) is 16.8 Å². The molecule has 0 fully saturated rings. The molecule has 3 heterocycles. The predicted molar refractivity (Wildman–Crippen MR) is 132 cm³/mol. The third-order valence-corrected chi connectivity index (χ3v) is 6.81. The van der Waals surface area contributed by atoms with E-state index in [4.69, 9.17) is 9.84 Å². The van der Waals surface area contributed by atoms with Gasteiger partial charge in [0.15, 0.2) is 11.5 Å². The molecule has 4 aromatic rings. The summed E-state index contributed by atoms with van der Waals surface area (Å²) in [6.07, 6.45) is 0. The lowest BCUT2D eigenvalue weighted by Crippen LogP contribution is -2.17. The first-order valence-corrected chi connectivity index (χ1v) is 11.8. The quantitative estimate of drug-likeness (QED) is 0.452. The zero-order chi connectivity index (χ0) is 23.8. The number of amides is 1. The summed E-state index contributed by atoms with van der Waals surface area (Å²) in [5, 5.41) is 17.8. The second-order valence-electron chi connectivity index (χ2n) is 8.01. The Morgan fingerprint density at radius 3 is 2.53 bits per heavy atom. The average Bonchev–Trinajstić information content (AvgIpc) is 3.09. The van der Waals surface area contributed by atoms with Crippen LogP contribution in [0.2, 0.25) is 0 Å². The molecular formula is C25H23N5O3S. The number of phenols is 1. The minimum Gasteiger partial charge on any atom is -0.504 e. The summed E-state index contributed by atoms with van der Waals surface area (Å²) in [5.74, 6) is 1.48. The van der Waals surface area contributed by atoms with Crippen LogP contribution >= 0.6 is 11.8 Å². The molecule has 0 radical (unpaired) electrons. The van der Waals surface area contributed by atoms with Crippen LogP contribution in [-0.2, 0) is 4.79 Å². The van der Waals surface area contributed by atoms with E-state index in [2.05, 4.69) is 15.3 Å². The molecule has 1 aliphatic rings. The zero-order valence-corrected chi connectivity index (χ0v) is 19.8. The van der Waals surface area contributed by atoms with Gasteiger partial charge in [-0.15, -0.1) is 11.8 Å². The van der Waals surface area contributed by atoms with E-state index in [0.29, 0.717) is 17.5 Å². The average molecular weight is 474 g/mol. The van der Waals surface area contributed by atoms with Crippen molar-refractivity contribution in [3.63, 3.8) is 0 Å². The zero-order valence-electron chi connectivity index (χ0n) is 18.9. The molecule has 0 aliphatic carbocycles. The number of aromatic nitrogens is 4. The number of nitrogens with zero attached hydrogens (tertiary/aromatic N) is 4. The summed E-state index contributed by atoms with van der Waals surface area (Å²) in [4.78, 5) is 22.0. The van der Waals surface area contributed by atoms with Gasteiger partial charge in [-0.25, -0.2) is 9.97 Å². The van der Waals surface area contributed by atoms with Crippen molar-refractivity contribution >= 4 is 23.5 Å². The van der Waals surface area contributed by atoms with Crippen molar-refractivity contribution in [2.45, 2.75) is 19.1 Å². The lowest BCUT2D eigenvalue weighted by Gasteiger charge is -2.17. The number of aromatic hydroxyl groups is 1. The van der Waals surface area contributed by atoms with Gasteiger partial charge in [0.2, 0.25) is 5.91 Å². The number of rotatable bonds is 4. The standard InChI is InChI=1S/C25H23N5O3S/c1-14-11-15(2)27-25(26-14)30-24-21(22(29-30)16-7-5-4-6-8-16)23(34-13-20(32)28-24)17-9-10-18(31)19(12-17)33-3/h4-12,23,31H,13H2,1-3H3,(H,28,32)/t23-/m1/s1. The van der Waals surface area contributed by atoms with Gasteiger partial charge in [-0.2, -0.15) is 9.78 Å². The number of phenolic OH excluding ortho intramolecular Hbond substituents is 1. The first-order chi connectivity index (χ1) is 16.4. The summed E-state index contributed by atoms with van der Waals surface area (Å²) in [6.45, 7) is 3.80. The van der Waals surface area contributed by atoms with Gasteiger partial charge < -0.3 is 15.2 Å². The predicted octanol–water partition coefficient (Wildman–Crippen LogP) is 4.44. The van der Waals surface area contributed by atoms with Crippen molar-refractivity contribution in [3.8, 4) is 28.7 Å². The van der Waals surface area contributed by atoms with Gasteiger partial charge in [-0.1, -0.05) is 36.4 Å². The first-order valence-electron chi connectivity index (χ1n) is 10.7. The summed E-state index contributed by atoms with van der Waals surface area (Å²) < 4.78 is 6.97. The molecule has 2 aromatic heterocycles. The Kier molecular flexibility index (Phi) is 5.70. The molecule has 2 aromatic carbocycles. The molecule has 0 bridgehead atoms. The fraction of sp³-hybridized carbons (Fsp3) is 0.200. The third kappa shape index (κ3) is 3.99. The SMILES string of the molecule is COc1cc([C@H]2SCC(=O)Nc3c2c(-c2ccccc2)nn3-c2nc(C)cc(C)n2)ccc1O. The van der Waals surface area contributed by atoms with Crippen molar-refractivity contribution < 1.29 is 14.6 Å². The summed E-state index contributed by atoms with van der Waals surface area (Å²) >= 11 is 1.49. The van der Waals surface area contributed by atoms with Gasteiger partial charge in [0.1, 0.15) is 5.82 Å². The van der Waals surface area contributed by atoms with Crippen LogP contribution in [0, 0.1) is 13.8 Å². The molecule has 1 atom stereocenters. The molecule has 172 valence electrons. The Hall–Kier alpha value is -3.85. The highest BCUT2D eigenvalue weighted by atomic mass is 32.2.